The Kier molecular flexibility index (Phi) is 4.50. The molecule has 2 aromatic rings. The summed E-state index contributed by atoms with van der Waals surface area (Å²) in [4.78, 5) is 11.5. The third-order valence-electron chi connectivity index (χ3n) is 4.46. The first-order chi connectivity index (χ1) is 11.0. The molecule has 1 N–H and O–H groups in total. The zero-order valence-electron chi connectivity index (χ0n) is 12.9. The average molecular weight is 345 g/mol. The van der Waals surface area contributed by atoms with Crippen LogP contribution in [0.4, 0.5) is 4.39 Å². The molecular weight excluding hydrogens is 327 g/mol. The minimum Gasteiger partial charge on any atom is -0.396 e. The molecule has 0 bridgehead atoms. The van der Waals surface area contributed by atoms with E-state index in [2.05, 4.69) is 15.0 Å². The molecule has 0 amide bonds. The fourth-order valence-electron chi connectivity index (χ4n) is 3.21. The Hall–Kier alpha value is -1.35. The molecule has 1 fully saturated rings. The molecule has 126 valence electrons. The van der Waals surface area contributed by atoms with Crippen molar-refractivity contribution >= 4 is 22.8 Å². The average Bonchev–Trinajstić information content (AvgIpc) is 3.07. The lowest BCUT2D eigenvalue weighted by Gasteiger charge is -2.28. The largest absolute Gasteiger partial charge is 0.396 e. The Morgan fingerprint density at radius 2 is 2.30 bits per heavy atom. The van der Waals surface area contributed by atoms with E-state index < -0.39 is 11.5 Å². The van der Waals surface area contributed by atoms with Crippen LogP contribution in [0.5, 0.6) is 0 Å². The highest BCUT2D eigenvalue weighted by molar-refractivity contribution is 6.33. The maximum Gasteiger partial charge on any atom is 0.312 e. The van der Waals surface area contributed by atoms with E-state index in [1.165, 1.54) is 0 Å². The molecule has 2 heterocycles. The van der Waals surface area contributed by atoms with Gasteiger partial charge in [-0.2, -0.15) is 14.4 Å². The number of hydrogen-bond donors (Lipinski definition) is 1. The molecule has 3 rings (SSSR count). The van der Waals surface area contributed by atoms with Crippen LogP contribution in [0.25, 0.3) is 11.2 Å². The first kappa shape index (κ1) is 16.5. The van der Waals surface area contributed by atoms with Crippen LogP contribution < -0.4 is 0 Å². The highest BCUT2D eigenvalue weighted by atomic mass is 35.5. The first-order valence-electron chi connectivity index (χ1n) is 7.25. The van der Waals surface area contributed by atoms with Crippen LogP contribution in [0.3, 0.4) is 0 Å². The van der Waals surface area contributed by atoms with Crippen molar-refractivity contribution in [3.63, 3.8) is 0 Å². The van der Waals surface area contributed by atoms with Gasteiger partial charge in [0.1, 0.15) is 12.3 Å². The molecule has 0 radical (unpaired) electrons. The summed E-state index contributed by atoms with van der Waals surface area (Å²) in [6.45, 7) is 2.09. The van der Waals surface area contributed by atoms with E-state index in [-0.39, 0.29) is 30.7 Å². The van der Waals surface area contributed by atoms with Gasteiger partial charge >= 0.3 is 6.08 Å². The molecule has 23 heavy (non-hydrogen) atoms. The van der Waals surface area contributed by atoms with Gasteiger partial charge in [-0.1, -0.05) is 18.5 Å². The van der Waals surface area contributed by atoms with E-state index in [9.17, 15) is 9.50 Å². The molecule has 7 nitrogen and oxygen atoms in total. The number of hydrogen-bond acceptors (Lipinski definition) is 6. The fourth-order valence-corrected chi connectivity index (χ4v) is 3.41. The Labute approximate surface area is 137 Å². The third-order valence-corrected chi connectivity index (χ3v) is 4.72. The van der Waals surface area contributed by atoms with E-state index in [1.807, 2.05) is 6.92 Å². The molecule has 2 aromatic heterocycles. The second-order valence-corrected chi connectivity index (χ2v) is 6.43. The molecule has 0 unspecified atom stereocenters. The van der Waals surface area contributed by atoms with Crippen LogP contribution in [0.2, 0.25) is 5.15 Å². The summed E-state index contributed by atoms with van der Waals surface area (Å²) in [5, 5.41) is 9.75. The van der Waals surface area contributed by atoms with Gasteiger partial charge in [-0.05, 0) is 12.8 Å². The van der Waals surface area contributed by atoms with Crippen LogP contribution >= 0.6 is 11.6 Å². The molecule has 1 aliphatic carbocycles. The molecule has 1 aliphatic rings. The van der Waals surface area contributed by atoms with E-state index in [0.29, 0.717) is 24.0 Å². The molecule has 0 spiro atoms. The molecule has 3 atom stereocenters. The monoisotopic (exact) mass is 344 g/mol. The summed E-state index contributed by atoms with van der Waals surface area (Å²) in [6.07, 6.45) is 1.78. The molecule has 9 heteroatoms. The lowest BCUT2D eigenvalue weighted by atomic mass is 9.87. The van der Waals surface area contributed by atoms with Crippen LogP contribution in [-0.2, 0) is 9.47 Å². The van der Waals surface area contributed by atoms with Crippen LogP contribution in [0.1, 0.15) is 25.8 Å². The number of halogens is 2. The minimum atomic E-state index is -0.889. The van der Waals surface area contributed by atoms with Crippen molar-refractivity contribution in [3.05, 3.63) is 17.6 Å². The van der Waals surface area contributed by atoms with Crippen molar-refractivity contribution < 1.29 is 19.0 Å². The Balaban J connectivity index is 1.94. The number of aliphatic hydroxyl groups excluding tert-OH is 1. The second kappa shape index (κ2) is 6.27. The number of aliphatic hydroxyl groups is 1. The van der Waals surface area contributed by atoms with Gasteiger partial charge in [-0.15, -0.1) is 0 Å². The maximum absolute atomic E-state index is 13.5. The van der Waals surface area contributed by atoms with E-state index in [1.54, 1.807) is 18.0 Å². The number of methoxy groups -OCH3 is 1. The van der Waals surface area contributed by atoms with Crippen molar-refractivity contribution in [1.29, 1.82) is 0 Å². The standard InChI is InChI=1S/C14H18ClFN4O3/c1-14(5-21)4-8(3-9(14)23-7-22-2)20-6-17-10-11(15)18-13(16)19-12(10)20/h6,8-9,21H,3-5,7H2,1-2H3/t8-,9-,14+/m0/s1. The number of rotatable bonds is 5. The predicted molar refractivity (Wildman–Crippen MR) is 80.5 cm³/mol. The fraction of sp³-hybridized carbons (Fsp3) is 0.643. The lowest BCUT2D eigenvalue weighted by molar-refractivity contribution is -0.113. The third kappa shape index (κ3) is 2.91. The molecular formula is C14H18ClFN4O3. The summed E-state index contributed by atoms with van der Waals surface area (Å²) < 4.78 is 25.9. The van der Waals surface area contributed by atoms with Gasteiger partial charge in [0.05, 0.1) is 19.0 Å². The van der Waals surface area contributed by atoms with Crippen molar-refractivity contribution in [2.45, 2.75) is 31.9 Å². The SMILES string of the molecule is COCO[C@H]1C[C@H](n2cnc3c(Cl)nc(F)nc32)C[C@]1(C)CO. The number of imidazole rings is 1. The highest BCUT2D eigenvalue weighted by Crippen LogP contribution is 2.46. The normalized spacial score (nSPS) is 27.9. The summed E-state index contributed by atoms with van der Waals surface area (Å²) >= 11 is 5.91. The van der Waals surface area contributed by atoms with Crippen molar-refractivity contribution in [2.75, 3.05) is 20.5 Å². The summed E-state index contributed by atoms with van der Waals surface area (Å²) in [5.74, 6) is 0. The second-order valence-electron chi connectivity index (χ2n) is 6.08. The quantitative estimate of drug-likeness (QED) is 0.507. The summed E-state index contributed by atoms with van der Waals surface area (Å²) in [6, 6.07) is -0.0376. The summed E-state index contributed by atoms with van der Waals surface area (Å²) in [5.41, 5.74) is 0.287. The predicted octanol–water partition coefficient (Wildman–Crippen LogP) is 1.94. The first-order valence-corrected chi connectivity index (χ1v) is 7.63. The lowest BCUT2D eigenvalue weighted by Crippen LogP contribution is -2.33. The molecule has 1 saturated carbocycles. The van der Waals surface area contributed by atoms with Gasteiger partial charge < -0.3 is 19.1 Å². The highest BCUT2D eigenvalue weighted by Gasteiger charge is 2.45. The maximum atomic E-state index is 13.5. The number of ether oxygens (including phenoxy) is 2. The molecule has 0 aliphatic heterocycles. The van der Waals surface area contributed by atoms with E-state index in [4.69, 9.17) is 21.1 Å². The molecule has 0 aromatic carbocycles. The topological polar surface area (TPSA) is 82.3 Å². The van der Waals surface area contributed by atoms with Gasteiger partial charge in [0.15, 0.2) is 10.8 Å². The summed E-state index contributed by atoms with van der Waals surface area (Å²) in [7, 11) is 1.55. The number of fused-ring (bicyclic) bond motifs is 1. The Morgan fingerprint density at radius 3 is 3.00 bits per heavy atom. The van der Waals surface area contributed by atoms with Gasteiger partial charge in [0.2, 0.25) is 0 Å². The number of nitrogens with zero attached hydrogens (tertiary/aromatic N) is 4. The van der Waals surface area contributed by atoms with Crippen molar-refractivity contribution in [2.24, 2.45) is 5.41 Å². The Bertz CT molecular complexity index is 713. The van der Waals surface area contributed by atoms with Crippen molar-refractivity contribution in [1.82, 2.24) is 19.5 Å². The van der Waals surface area contributed by atoms with Gasteiger partial charge in [0.25, 0.3) is 0 Å². The van der Waals surface area contributed by atoms with Crippen LogP contribution in [0.15, 0.2) is 6.33 Å². The van der Waals surface area contributed by atoms with Crippen LogP contribution in [0, 0.1) is 11.5 Å². The van der Waals surface area contributed by atoms with Crippen LogP contribution in [-0.4, -0.2) is 51.2 Å². The van der Waals surface area contributed by atoms with Gasteiger partial charge in [0, 0.05) is 18.6 Å². The van der Waals surface area contributed by atoms with E-state index >= 15 is 0 Å². The Morgan fingerprint density at radius 1 is 1.52 bits per heavy atom. The zero-order valence-corrected chi connectivity index (χ0v) is 13.6. The number of aromatic nitrogens is 4. The van der Waals surface area contributed by atoms with Crippen molar-refractivity contribution in [3.8, 4) is 0 Å². The molecule has 0 saturated heterocycles. The smallest absolute Gasteiger partial charge is 0.312 e. The van der Waals surface area contributed by atoms with Gasteiger partial charge in [-0.25, -0.2) is 4.98 Å². The van der Waals surface area contributed by atoms with E-state index in [0.717, 1.165) is 0 Å². The minimum absolute atomic E-state index is 0.0126. The van der Waals surface area contributed by atoms with Gasteiger partial charge in [-0.3, -0.25) is 0 Å². The zero-order chi connectivity index (χ0) is 16.6.